The number of aromatic nitrogens is 2. The Hall–Kier alpha value is -1.27. The highest BCUT2D eigenvalue weighted by Gasteiger charge is 2.15. The number of benzene rings is 1. The number of rotatable bonds is 3. The molecule has 2 N–H and O–H groups in total. The second-order valence-corrected chi connectivity index (χ2v) is 4.45. The van der Waals surface area contributed by atoms with Crippen LogP contribution in [0, 0.1) is 5.82 Å². The SMILES string of the molecule is CC[C@@H](N)c1nc(-c2ccc(F)cc2Br)no1. The second kappa shape index (κ2) is 4.93. The lowest BCUT2D eigenvalue weighted by Crippen LogP contribution is -2.08. The van der Waals surface area contributed by atoms with E-state index in [1.807, 2.05) is 6.92 Å². The van der Waals surface area contributed by atoms with Crippen LogP contribution in [-0.2, 0) is 0 Å². The Bertz CT molecular complexity index is 529. The lowest BCUT2D eigenvalue weighted by atomic mass is 10.2. The van der Waals surface area contributed by atoms with Gasteiger partial charge in [-0.25, -0.2) is 4.39 Å². The summed E-state index contributed by atoms with van der Waals surface area (Å²) in [6.07, 6.45) is 0.715. The molecule has 0 bridgehead atoms. The van der Waals surface area contributed by atoms with Crippen LogP contribution in [0.3, 0.4) is 0 Å². The fourth-order valence-corrected chi connectivity index (χ4v) is 1.87. The van der Waals surface area contributed by atoms with Crippen LogP contribution >= 0.6 is 15.9 Å². The quantitative estimate of drug-likeness (QED) is 0.946. The van der Waals surface area contributed by atoms with Crippen LogP contribution in [0.4, 0.5) is 4.39 Å². The number of nitrogens with zero attached hydrogens (tertiary/aromatic N) is 2. The Labute approximate surface area is 106 Å². The number of hydrogen-bond acceptors (Lipinski definition) is 4. The molecule has 0 unspecified atom stereocenters. The van der Waals surface area contributed by atoms with Gasteiger partial charge in [-0.3, -0.25) is 0 Å². The van der Waals surface area contributed by atoms with Crippen LogP contribution in [0.15, 0.2) is 27.2 Å². The molecule has 17 heavy (non-hydrogen) atoms. The van der Waals surface area contributed by atoms with Crippen molar-refractivity contribution in [3.05, 3.63) is 34.4 Å². The summed E-state index contributed by atoms with van der Waals surface area (Å²) in [5.41, 5.74) is 6.45. The monoisotopic (exact) mass is 299 g/mol. The van der Waals surface area contributed by atoms with E-state index < -0.39 is 0 Å². The molecule has 2 rings (SSSR count). The molecule has 0 amide bonds. The van der Waals surface area contributed by atoms with Gasteiger partial charge in [-0.1, -0.05) is 12.1 Å². The van der Waals surface area contributed by atoms with Crippen molar-refractivity contribution >= 4 is 15.9 Å². The van der Waals surface area contributed by atoms with Crippen molar-refractivity contribution in [2.75, 3.05) is 0 Å². The smallest absolute Gasteiger partial charge is 0.243 e. The van der Waals surface area contributed by atoms with Gasteiger partial charge in [0.2, 0.25) is 11.7 Å². The summed E-state index contributed by atoms with van der Waals surface area (Å²) in [5.74, 6) is 0.462. The fraction of sp³-hybridized carbons (Fsp3) is 0.273. The Balaban J connectivity index is 2.37. The summed E-state index contributed by atoms with van der Waals surface area (Å²) in [5, 5.41) is 3.83. The largest absolute Gasteiger partial charge is 0.337 e. The predicted octanol–water partition coefficient (Wildman–Crippen LogP) is 3.05. The van der Waals surface area contributed by atoms with E-state index in [4.69, 9.17) is 10.3 Å². The minimum absolute atomic E-state index is 0.268. The van der Waals surface area contributed by atoms with Gasteiger partial charge in [0, 0.05) is 10.0 Å². The second-order valence-electron chi connectivity index (χ2n) is 3.60. The van der Waals surface area contributed by atoms with Crippen molar-refractivity contribution in [3.8, 4) is 11.4 Å². The van der Waals surface area contributed by atoms with Gasteiger partial charge in [-0.2, -0.15) is 4.98 Å². The first kappa shape index (κ1) is 12.2. The maximum atomic E-state index is 12.9. The molecule has 1 atom stereocenters. The van der Waals surface area contributed by atoms with Crippen LogP contribution in [0.1, 0.15) is 25.3 Å². The summed E-state index contributed by atoms with van der Waals surface area (Å²) in [4.78, 5) is 4.19. The highest BCUT2D eigenvalue weighted by Crippen LogP contribution is 2.27. The first-order valence-corrected chi connectivity index (χ1v) is 5.95. The van der Waals surface area contributed by atoms with E-state index in [2.05, 4.69) is 26.1 Å². The zero-order valence-electron chi connectivity index (χ0n) is 9.15. The molecule has 90 valence electrons. The lowest BCUT2D eigenvalue weighted by Gasteiger charge is -2.00. The standard InChI is InChI=1S/C11H11BrFN3O/c1-2-9(14)11-15-10(16-17-11)7-4-3-6(13)5-8(7)12/h3-5,9H,2,14H2,1H3/t9-/m1/s1. The highest BCUT2D eigenvalue weighted by molar-refractivity contribution is 9.10. The highest BCUT2D eigenvalue weighted by atomic mass is 79.9. The third-order valence-electron chi connectivity index (χ3n) is 2.37. The molecule has 1 aromatic carbocycles. The van der Waals surface area contributed by atoms with Gasteiger partial charge in [0.15, 0.2) is 0 Å². The molecule has 0 fully saturated rings. The van der Waals surface area contributed by atoms with Crippen molar-refractivity contribution in [1.29, 1.82) is 0 Å². The van der Waals surface area contributed by atoms with Crippen molar-refractivity contribution in [2.45, 2.75) is 19.4 Å². The third kappa shape index (κ3) is 2.53. The zero-order chi connectivity index (χ0) is 12.4. The van der Waals surface area contributed by atoms with E-state index in [-0.39, 0.29) is 11.9 Å². The minimum Gasteiger partial charge on any atom is -0.337 e. The number of nitrogens with two attached hydrogens (primary N) is 1. The topological polar surface area (TPSA) is 64.9 Å². The van der Waals surface area contributed by atoms with Gasteiger partial charge in [0.1, 0.15) is 5.82 Å². The van der Waals surface area contributed by atoms with Gasteiger partial charge in [-0.05, 0) is 40.5 Å². The summed E-state index contributed by atoms with van der Waals surface area (Å²) in [6.45, 7) is 1.93. The summed E-state index contributed by atoms with van der Waals surface area (Å²) >= 11 is 3.25. The lowest BCUT2D eigenvalue weighted by molar-refractivity contribution is 0.352. The summed E-state index contributed by atoms with van der Waals surface area (Å²) in [7, 11) is 0. The Morgan fingerprint density at radius 3 is 2.94 bits per heavy atom. The van der Waals surface area contributed by atoms with E-state index in [1.54, 1.807) is 6.07 Å². The van der Waals surface area contributed by atoms with E-state index in [0.717, 1.165) is 0 Å². The normalized spacial score (nSPS) is 12.7. The molecule has 0 spiro atoms. The first-order valence-electron chi connectivity index (χ1n) is 5.16. The molecule has 0 aliphatic rings. The van der Waals surface area contributed by atoms with Gasteiger partial charge < -0.3 is 10.3 Å². The Morgan fingerprint density at radius 1 is 1.53 bits per heavy atom. The van der Waals surface area contributed by atoms with Gasteiger partial charge in [0.25, 0.3) is 0 Å². The molecule has 6 heteroatoms. The molecular formula is C11H11BrFN3O. The van der Waals surface area contributed by atoms with E-state index in [9.17, 15) is 4.39 Å². The number of hydrogen-bond donors (Lipinski definition) is 1. The molecule has 0 saturated heterocycles. The van der Waals surface area contributed by atoms with Gasteiger partial charge in [-0.15, -0.1) is 0 Å². The van der Waals surface area contributed by atoms with Crippen LogP contribution in [0.5, 0.6) is 0 Å². The average Bonchev–Trinajstić information content (AvgIpc) is 2.77. The van der Waals surface area contributed by atoms with Crippen molar-refractivity contribution in [1.82, 2.24) is 10.1 Å². The third-order valence-corrected chi connectivity index (χ3v) is 3.03. The first-order chi connectivity index (χ1) is 8.11. The van der Waals surface area contributed by atoms with Crippen molar-refractivity contribution < 1.29 is 8.91 Å². The molecule has 1 aromatic heterocycles. The van der Waals surface area contributed by atoms with Gasteiger partial charge >= 0.3 is 0 Å². The summed E-state index contributed by atoms with van der Waals surface area (Å²) < 4.78 is 18.6. The van der Waals surface area contributed by atoms with Crippen molar-refractivity contribution in [3.63, 3.8) is 0 Å². The van der Waals surface area contributed by atoms with Crippen LogP contribution in [-0.4, -0.2) is 10.1 Å². The zero-order valence-corrected chi connectivity index (χ0v) is 10.7. The minimum atomic E-state index is -0.324. The molecule has 0 aliphatic carbocycles. The Morgan fingerprint density at radius 2 is 2.29 bits per heavy atom. The predicted molar refractivity (Wildman–Crippen MR) is 64.6 cm³/mol. The van der Waals surface area contributed by atoms with Crippen molar-refractivity contribution in [2.24, 2.45) is 5.73 Å². The molecule has 0 aliphatic heterocycles. The van der Waals surface area contributed by atoms with Gasteiger partial charge in [0.05, 0.1) is 6.04 Å². The maximum absolute atomic E-state index is 12.9. The molecule has 0 radical (unpaired) electrons. The van der Waals surface area contributed by atoms with Crippen LogP contribution < -0.4 is 5.73 Å². The van der Waals surface area contributed by atoms with E-state index in [0.29, 0.717) is 28.2 Å². The van der Waals surface area contributed by atoms with E-state index in [1.165, 1.54) is 12.1 Å². The Kier molecular flexibility index (Phi) is 3.54. The molecular weight excluding hydrogens is 289 g/mol. The molecule has 1 heterocycles. The van der Waals surface area contributed by atoms with E-state index >= 15 is 0 Å². The molecule has 0 saturated carbocycles. The fourth-order valence-electron chi connectivity index (χ4n) is 1.34. The summed E-state index contributed by atoms with van der Waals surface area (Å²) in [6, 6.07) is 4.02. The van der Waals surface area contributed by atoms with Crippen LogP contribution in [0.25, 0.3) is 11.4 Å². The number of halogens is 2. The maximum Gasteiger partial charge on any atom is 0.243 e. The molecule has 2 aromatic rings. The van der Waals surface area contributed by atoms with Crippen LogP contribution in [0.2, 0.25) is 0 Å². The molecule has 4 nitrogen and oxygen atoms in total. The average molecular weight is 300 g/mol.